The van der Waals surface area contributed by atoms with Crippen LogP contribution >= 0.6 is 23.2 Å². The third kappa shape index (κ3) is 2.90. The SMILES string of the molecule is Cn1nc(C(=O)Nc2cc(Cl)cc(Cl)c2)c2c1CCNC2. The van der Waals surface area contributed by atoms with Crippen LogP contribution in [0.1, 0.15) is 21.7 Å². The van der Waals surface area contributed by atoms with Crippen LogP contribution in [0.5, 0.6) is 0 Å². The van der Waals surface area contributed by atoms with Crippen molar-refractivity contribution in [3.63, 3.8) is 0 Å². The zero-order valence-electron chi connectivity index (χ0n) is 11.4. The molecule has 0 atom stereocenters. The van der Waals surface area contributed by atoms with Gasteiger partial charge in [-0.1, -0.05) is 23.2 Å². The molecule has 110 valence electrons. The molecule has 1 aliphatic heterocycles. The summed E-state index contributed by atoms with van der Waals surface area (Å²) in [5, 5.41) is 11.3. The number of carbonyl (C=O) groups is 1. The van der Waals surface area contributed by atoms with Crippen LogP contribution in [0.3, 0.4) is 0 Å². The zero-order chi connectivity index (χ0) is 15.0. The summed E-state index contributed by atoms with van der Waals surface area (Å²) < 4.78 is 1.77. The van der Waals surface area contributed by atoms with Crippen LogP contribution in [0.2, 0.25) is 10.0 Å². The predicted molar refractivity (Wildman–Crippen MR) is 83.0 cm³/mol. The van der Waals surface area contributed by atoms with Gasteiger partial charge in [-0.05, 0) is 18.2 Å². The van der Waals surface area contributed by atoms with E-state index in [0.717, 1.165) is 24.2 Å². The maximum Gasteiger partial charge on any atom is 0.276 e. The summed E-state index contributed by atoms with van der Waals surface area (Å²) in [5.74, 6) is -0.256. The number of anilines is 1. The second-order valence-corrected chi connectivity index (χ2v) is 5.81. The van der Waals surface area contributed by atoms with Crippen LogP contribution in [-0.4, -0.2) is 22.2 Å². The predicted octanol–water partition coefficient (Wildman–Crippen LogP) is 2.62. The smallest absolute Gasteiger partial charge is 0.276 e. The second-order valence-electron chi connectivity index (χ2n) is 4.94. The average molecular weight is 325 g/mol. The normalized spacial score (nSPS) is 13.9. The van der Waals surface area contributed by atoms with Crippen molar-refractivity contribution >= 4 is 34.8 Å². The van der Waals surface area contributed by atoms with Gasteiger partial charge < -0.3 is 10.6 Å². The number of amides is 1. The van der Waals surface area contributed by atoms with Crippen molar-refractivity contribution in [3.8, 4) is 0 Å². The molecule has 1 aromatic heterocycles. The summed E-state index contributed by atoms with van der Waals surface area (Å²) >= 11 is 11.9. The lowest BCUT2D eigenvalue weighted by Gasteiger charge is -2.14. The van der Waals surface area contributed by atoms with Gasteiger partial charge in [-0.25, -0.2) is 0 Å². The number of nitrogens with one attached hydrogen (secondary N) is 2. The summed E-state index contributed by atoms with van der Waals surface area (Å²) in [6, 6.07) is 4.92. The molecule has 5 nitrogen and oxygen atoms in total. The highest BCUT2D eigenvalue weighted by atomic mass is 35.5. The zero-order valence-corrected chi connectivity index (χ0v) is 12.9. The van der Waals surface area contributed by atoms with E-state index in [4.69, 9.17) is 23.2 Å². The molecule has 2 heterocycles. The third-order valence-electron chi connectivity index (χ3n) is 3.45. The van der Waals surface area contributed by atoms with E-state index in [2.05, 4.69) is 15.7 Å². The average Bonchev–Trinajstić information content (AvgIpc) is 2.76. The molecule has 7 heteroatoms. The van der Waals surface area contributed by atoms with Crippen LogP contribution in [0, 0.1) is 0 Å². The number of carbonyl (C=O) groups excluding carboxylic acids is 1. The molecule has 0 bridgehead atoms. The van der Waals surface area contributed by atoms with Gasteiger partial charge in [0, 0.05) is 53.5 Å². The van der Waals surface area contributed by atoms with Crippen molar-refractivity contribution in [3.05, 3.63) is 45.2 Å². The van der Waals surface area contributed by atoms with Gasteiger partial charge in [0.1, 0.15) is 0 Å². The number of hydrogen-bond acceptors (Lipinski definition) is 3. The number of hydrogen-bond donors (Lipinski definition) is 2. The Morgan fingerprint density at radius 2 is 2.05 bits per heavy atom. The molecule has 1 aliphatic rings. The van der Waals surface area contributed by atoms with E-state index < -0.39 is 0 Å². The number of halogens is 2. The fourth-order valence-electron chi connectivity index (χ4n) is 2.52. The minimum Gasteiger partial charge on any atom is -0.320 e. The van der Waals surface area contributed by atoms with Gasteiger partial charge in [0.15, 0.2) is 5.69 Å². The van der Waals surface area contributed by atoms with E-state index in [0.29, 0.717) is 28.0 Å². The van der Waals surface area contributed by atoms with Crippen molar-refractivity contribution in [2.24, 2.45) is 7.05 Å². The molecule has 0 saturated heterocycles. The highest BCUT2D eigenvalue weighted by Gasteiger charge is 2.23. The van der Waals surface area contributed by atoms with Gasteiger partial charge in [-0.2, -0.15) is 5.10 Å². The van der Waals surface area contributed by atoms with Crippen LogP contribution in [-0.2, 0) is 20.0 Å². The monoisotopic (exact) mass is 324 g/mol. The van der Waals surface area contributed by atoms with Crippen molar-refractivity contribution < 1.29 is 4.79 Å². The van der Waals surface area contributed by atoms with E-state index in [-0.39, 0.29) is 5.91 Å². The van der Waals surface area contributed by atoms with E-state index in [1.807, 2.05) is 7.05 Å². The molecule has 0 radical (unpaired) electrons. The van der Waals surface area contributed by atoms with Gasteiger partial charge in [0.25, 0.3) is 5.91 Å². The highest BCUT2D eigenvalue weighted by Crippen LogP contribution is 2.24. The standard InChI is InChI=1S/C14H14Cl2N4O/c1-20-12-2-3-17-7-11(12)13(19-20)14(21)18-10-5-8(15)4-9(16)6-10/h4-6,17H,2-3,7H2,1H3,(H,18,21). The topological polar surface area (TPSA) is 59.0 Å². The van der Waals surface area contributed by atoms with E-state index >= 15 is 0 Å². The summed E-state index contributed by atoms with van der Waals surface area (Å²) in [6.07, 6.45) is 0.870. The van der Waals surface area contributed by atoms with Crippen molar-refractivity contribution in [2.75, 3.05) is 11.9 Å². The first-order valence-electron chi connectivity index (χ1n) is 6.57. The van der Waals surface area contributed by atoms with Gasteiger partial charge in [-0.15, -0.1) is 0 Å². The second kappa shape index (κ2) is 5.67. The van der Waals surface area contributed by atoms with E-state index in [9.17, 15) is 4.79 Å². The van der Waals surface area contributed by atoms with Gasteiger partial charge in [0.2, 0.25) is 0 Å². The van der Waals surface area contributed by atoms with Crippen LogP contribution in [0.25, 0.3) is 0 Å². The molecular weight excluding hydrogens is 311 g/mol. The first-order chi connectivity index (χ1) is 10.0. The van der Waals surface area contributed by atoms with Gasteiger partial charge in [0.05, 0.1) is 0 Å². The first-order valence-corrected chi connectivity index (χ1v) is 7.33. The van der Waals surface area contributed by atoms with Crippen molar-refractivity contribution in [1.82, 2.24) is 15.1 Å². The number of benzene rings is 1. The molecule has 1 amide bonds. The summed E-state index contributed by atoms with van der Waals surface area (Å²) in [4.78, 5) is 12.4. The molecule has 2 aromatic rings. The lowest BCUT2D eigenvalue weighted by Crippen LogP contribution is -2.26. The van der Waals surface area contributed by atoms with E-state index in [1.165, 1.54) is 0 Å². The van der Waals surface area contributed by atoms with Gasteiger partial charge >= 0.3 is 0 Å². The lowest BCUT2D eigenvalue weighted by atomic mass is 10.1. The Kier molecular flexibility index (Phi) is 3.89. The summed E-state index contributed by atoms with van der Waals surface area (Å²) in [5.41, 5.74) is 3.05. The Morgan fingerprint density at radius 3 is 2.76 bits per heavy atom. The minimum atomic E-state index is -0.256. The summed E-state index contributed by atoms with van der Waals surface area (Å²) in [6.45, 7) is 1.56. The Morgan fingerprint density at radius 1 is 1.33 bits per heavy atom. The lowest BCUT2D eigenvalue weighted by molar-refractivity contribution is 0.102. The van der Waals surface area contributed by atoms with Crippen LogP contribution in [0.15, 0.2) is 18.2 Å². The quantitative estimate of drug-likeness (QED) is 0.892. The summed E-state index contributed by atoms with van der Waals surface area (Å²) in [7, 11) is 1.86. The molecule has 1 aromatic carbocycles. The number of fused-ring (bicyclic) bond motifs is 1. The minimum absolute atomic E-state index is 0.256. The van der Waals surface area contributed by atoms with E-state index in [1.54, 1.807) is 22.9 Å². The Labute approximate surface area is 132 Å². The van der Waals surface area contributed by atoms with Crippen molar-refractivity contribution in [2.45, 2.75) is 13.0 Å². The Bertz CT molecular complexity index is 691. The van der Waals surface area contributed by atoms with Crippen LogP contribution < -0.4 is 10.6 Å². The third-order valence-corrected chi connectivity index (χ3v) is 3.89. The Balaban J connectivity index is 1.89. The molecule has 0 saturated carbocycles. The first kappa shape index (κ1) is 14.4. The fourth-order valence-corrected chi connectivity index (χ4v) is 3.05. The largest absolute Gasteiger partial charge is 0.320 e. The molecular formula is C14H14Cl2N4O. The molecule has 0 fully saturated rings. The molecule has 2 N–H and O–H groups in total. The molecule has 0 spiro atoms. The fraction of sp³-hybridized carbons (Fsp3) is 0.286. The van der Waals surface area contributed by atoms with Crippen molar-refractivity contribution in [1.29, 1.82) is 0 Å². The molecule has 0 unspecified atom stereocenters. The maximum absolute atomic E-state index is 12.4. The number of rotatable bonds is 2. The molecule has 3 rings (SSSR count). The van der Waals surface area contributed by atoms with Crippen LogP contribution in [0.4, 0.5) is 5.69 Å². The maximum atomic E-state index is 12.4. The number of aryl methyl sites for hydroxylation is 1. The Hall–Kier alpha value is -1.56. The number of aromatic nitrogens is 2. The highest BCUT2D eigenvalue weighted by molar-refractivity contribution is 6.35. The number of nitrogens with zero attached hydrogens (tertiary/aromatic N) is 2. The molecule has 21 heavy (non-hydrogen) atoms. The molecule has 0 aliphatic carbocycles. The van der Waals surface area contributed by atoms with Gasteiger partial charge in [-0.3, -0.25) is 9.48 Å².